The van der Waals surface area contributed by atoms with Crippen molar-refractivity contribution in [3.05, 3.63) is 53.9 Å². The van der Waals surface area contributed by atoms with Crippen LogP contribution in [0, 0.1) is 0 Å². The monoisotopic (exact) mass is 361 g/mol. The third-order valence-corrected chi connectivity index (χ3v) is 5.90. The van der Waals surface area contributed by atoms with Crippen LogP contribution in [0.5, 0.6) is 5.88 Å². The van der Waals surface area contributed by atoms with E-state index in [1.54, 1.807) is 47.8 Å². The highest BCUT2D eigenvalue weighted by Gasteiger charge is 2.15. The standard InChI is InChI=1S/C16H15N3O3S2/c1-2-22-15-10-9-14(17-18-15)12-5-7-13(8-6-12)19-24(20,21)16-4-3-11-23-16/h3-11,19H,2H2,1H3. The van der Waals surface area contributed by atoms with Gasteiger partial charge in [0.2, 0.25) is 5.88 Å². The Morgan fingerprint density at radius 1 is 1.08 bits per heavy atom. The molecule has 6 nitrogen and oxygen atoms in total. The van der Waals surface area contributed by atoms with Crippen LogP contribution < -0.4 is 9.46 Å². The fraction of sp³-hybridized carbons (Fsp3) is 0.125. The number of sulfonamides is 1. The van der Waals surface area contributed by atoms with Crippen molar-refractivity contribution in [2.45, 2.75) is 11.1 Å². The number of anilines is 1. The van der Waals surface area contributed by atoms with Crippen molar-refractivity contribution < 1.29 is 13.2 Å². The summed E-state index contributed by atoms with van der Waals surface area (Å²) in [6.45, 7) is 2.42. The van der Waals surface area contributed by atoms with E-state index in [9.17, 15) is 8.42 Å². The molecule has 1 N–H and O–H groups in total. The molecule has 24 heavy (non-hydrogen) atoms. The van der Waals surface area contributed by atoms with Gasteiger partial charge in [-0.05, 0) is 36.6 Å². The molecule has 0 aliphatic rings. The van der Waals surface area contributed by atoms with E-state index < -0.39 is 10.0 Å². The molecule has 8 heteroatoms. The summed E-state index contributed by atoms with van der Waals surface area (Å²) in [6.07, 6.45) is 0. The Morgan fingerprint density at radius 2 is 1.88 bits per heavy atom. The van der Waals surface area contributed by atoms with Gasteiger partial charge in [0.25, 0.3) is 10.0 Å². The minimum Gasteiger partial charge on any atom is -0.477 e. The maximum atomic E-state index is 12.2. The molecule has 0 bridgehead atoms. The summed E-state index contributed by atoms with van der Waals surface area (Å²) < 4.78 is 32.4. The van der Waals surface area contributed by atoms with Gasteiger partial charge in [-0.1, -0.05) is 18.2 Å². The summed E-state index contributed by atoms with van der Waals surface area (Å²) in [4.78, 5) is 0. The Labute approximate surface area is 144 Å². The molecule has 0 fully saturated rings. The molecule has 0 radical (unpaired) electrons. The van der Waals surface area contributed by atoms with Crippen LogP contribution in [-0.4, -0.2) is 25.2 Å². The van der Waals surface area contributed by atoms with Crippen LogP contribution in [0.2, 0.25) is 0 Å². The summed E-state index contributed by atoms with van der Waals surface area (Å²) in [5.74, 6) is 0.474. The SMILES string of the molecule is CCOc1ccc(-c2ccc(NS(=O)(=O)c3cccs3)cc2)nn1. The van der Waals surface area contributed by atoms with E-state index in [1.807, 2.05) is 13.0 Å². The summed E-state index contributed by atoms with van der Waals surface area (Å²) in [5.41, 5.74) is 2.02. The highest BCUT2D eigenvalue weighted by Crippen LogP contribution is 2.23. The molecule has 0 saturated heterocycles. The number of hydrogen-bond donors (Lipinski definition) is 1. The summed E-state index contributed by atoms with van der Waals surface area (Å²) in [5, 5.41) is 9.80. The Morgan fingerprint density at radius 3 is 2.46 bits per heavy atom. The van der Waals surface area contributed by atoms with Crippen molar-refractivity contribution in [2.75, 3.05) is 11.3 Å². The minimum atomic E-state index is -3.54. The minimum absolute atomic E-state index is 0.281. The second kappa shape index (κ2) is 6.98. The normalized spacial score (nSPS) is 11.2. The van der Waals surface area contributed by atoms with Crippen molar-refractivity contribution in [1.82, 2.24) is 10.2 Å². The van der Waals surface area contributed by atoms with Crippen molar-refractivity contribution in [2.24, 2.45) is 0 Å². The fourth-order valence-corrected chi connectivity index (χ4v) is 4.08. The molecule has 0 aliphatic carbocycles. The maximum absolute atomic E-state index is 12.2. The number of hydrogen-bond acceptors (Lipinski definition) is 6. The van der Waals surface area contributed by atoms with Crippen LogP contribution in [0.25, 0.3) is 11.3 Å². The van der Waals surface area contributed by atoms with Crippen molar-refractivity contribution >= 4 is 27.0 Å². The summed E-state index contributed by atoms with van der Waals surface area (Å²) in [6, 6.07) is 13.8. The number of benzene rings is 1. The van der Waals surface area contributed by atoms with E-state index in [1.165, 1.54) is 11.3 Å². The van der Waals surface area contributed by atoms with Crippen LogP contribution in [0.3, 0.4) is 0 Å². The van der Waals surface area contributed by atoms with Crippen LogP contribution >= 0.6 is 11.3 Å². The van der Waals surface area contributed by atoms with Gasteiger partial charge < -0.3 is 4.74 Å². The van der Waals surface area contributed by atoms with E-state index in [0.29, 0.717) is 23.9 Å². The van der Waals surface area contributed by atoms with Gasteiger partial charge in [-0.25, -0.2) is 8.42 Å². The quantitative estimate of drug-likeness (QED) is 0.728. The highest BCUT2D eigenvalue weighted by atomic mass is 32.2. The molecular weight excluding hydrogens is 346 g/mol. The lowest BCUT2D eigenvalue weighted by Crippen LogP contribution is -2.11. The Hall–Kier alpha value is -2.45. The van der Waals surface area contributed by atoms with Crippen LogP contribution in [-0.2, 0) is 10.0 Å². The lowest BCUT2D eigenvalue weighted by atomic mass is 10.1. The van der Waals surface area contributed by atoms with Gasteiger partial charge in [-0.3, -0.25) is 4.72 Å². The van der Waals surface area contributed by atoms with E-state index in [-0.39, 0.29) is 4.21 Å². The van der Waals surface area contributed by atoms with Crippen LogP contribution in [0.15, 0.2) is 58.1 Å². The molecule has 2 aromatic heterocycles. The van der Waals surface area contributed by atoms with Gasteiger partial charge in [0.1, 0.15) is 4.21 Å². The highest BCUT2D eigenvalue weighted by molar-refractivity contribution is 7.94. The summed E-state index contributed by atoms with van der Waals surface area (Å²) in [7, 11) is -3.54. The molecule has 0 saturated carbocycles. The van der Waals surface area contributed by atoms with Gasteiger partial charge in [0, 0.05) is 17.3 Å². The largest absolute Gasteiger partial charge is 0.477 e. The maximum Gasteiger partial charge on any atom is 0.271 e. The first-order valence-corrected chi connectivity index (χ1v) is 9.58. The van der Waals surface area contributed by atoms with Crippen molar-refractivity contribution in [3.8, 4) is 17.1 Å². The Balaban J connectivity index is 1.76. The van der Waals surface area contributed by atoms with Gasteiger partial charge in [0.15, 0.2) is 0 Å². The number of nitrogens with one attached hydrogen (secondary N) is 1. The van der Waals surface area contributed by atoms with Crippen molar-refractivity contribution in [1.29, 1.82) is 0 Å². The average Bonchev–Trinajstić information content (AvgIpc) is 3.12. The van der Waals surface area contributed by atoms with Crippen molar-refractivity contribution in [3.63, 3.8) is 0 Å². The molecule has 0 atom stereocenters. The van der Waals surface area contributed by atoms with Crippen LogP contribution in [0.4, 0.5) is 5.69 Å². The first-order chi connectivity index (χ1) is 11.6. The first-order valence-electron chi connectivity index (χ1n) is 7.22. The van der Waals surface area contributed by atoms with Gasteiger partial charge in [0.05, 0.1) is 12.3 Å². The van der Waals surface area contributed by atoms with E-state index >= 15 is 0 Å². The van der Waals surface area contributed by atoms with Crippen LogP contribution in [0.1, 0.15) is 6.92 Å². The lowest BCUT2D eigenvalue weighted by Gasteiger charge is -2.07. The first kappa shape index (κ1) is 16.4. The third-order valence-electron chi connectivity index (χ3n) is 3.13. The molecule has 3 aromatic rings. The second-order valence-corrected chi connectivity index (χ2v) is 7.66. The molecule has 0 amide bonds. The Bertz CT molecular complexity index is 891. The topological polar surface area (TPSA) is 81.2 Å². The van der Waals surface area contributed by atoms with E-state index in [0.717, 1.165) is 5.56 Å². The molecule has 2 heterocycles. The Kier molecular flexibility index (Phi) is 4.77. The number of ether oxygens (including phenoxy) is 1. The van der Waals surface area contributed by atoms with E-state index in [4.69, 9.17) is 4.74 Å². The van der Waals surface area contributed by atoms with Gasteiger partial charge in [-0.15, -0.1) is 21.5 Å². The molecular formula is C16H15N3O3S2. The molecule has 0 spiro atoms. The smallest absolute Gasteiger partial charge is 0.271 e. The second-order valence-electron chi connectivity index (χ2n) is 4.80. The lowest BCUT2D eigenvalue weighted by molar-refractivity contribution is 0.323. The number of aromatic nitrogens is 2. The number of rotatable bonds is 6. The predicted octanol–water partition coefficient (Wildman–Crippen LogP) is 3.40. The molecule has 0 unspecified atom stereocenters. The van der Waals surface area contributed by atoms with E-state index in [2.05, 4.69) is 14.9 Å². The molecule has 124 valence electrons. The van der Waals surface area contributed by atoms with Gasteiger partial charge in [-0.2, -0.15) is 0 Å². The summed E-state index contributed by atoms with van der Waals surface area (Å²) >= 11 is 1.17. The fourth-order valence-electron chi connectivity index (χ4n) is 2.03. The number of thiophene rings is 1. The zero-order valence-corrected chi connectivity index (χ0v) is 14.5. The zero-order valence-electron chi connectivity index (χ0n) is 12.8. The number of nitrogens with zero attached hydrogens (tertiary/aromatic N) is 2. The molecule has 0 aliphatic heterocycles. The molecule has 1 aromatic carbocycles. The zero-order chi connectivity index (χ0) is 17.0. The molecule has 3 rings (SSSR count). The third kappa shape index (κ3) is 3.72. The van der Waals surface area contributed by atoms with Gasteiger partial charge >= 0.3 is 0 Å². The average molecular weight is 361 g/mol. The predicted molar refractivity (Wildman–Crippen MR) is 93.8 cm³/mol.